The third-order valence-electron chi connectivity index (χ3n) is 7.02. The van der Waals surface area contributed by atoms with Crippen LogP contribution in [-0.4, -0.2) is 23.9 Å². The molecule has 1 amide bonds. The molecule has 2 nitrogen and oxygen atoms in total. The van der Waals surface area contributed by atoms with Crippen LogP contribution in [0.15, 0.2) is 0 Å². The summed E-state index contributed by atoms with van der Waals surface area (Å²) in [6, 6.07) is 0. The highest BCUT2D eigenvalue weighted by molar-refractivity contribution is 5.77. The van der Waals surface area contributed by atoms with Gasteiger partial charge in [0.1, 0.15) is 0 Å². The summed E-state index contributed by atoms with van der Waals surface area (Å²) in [6.45, 7) is 2.19. The Kier molecular flexibility index (Phi) is 2.09. The Morgan fingerprint density at radius 3 is 1.95 bits per heavy atom. The van der Waals surface area contributed by atoms with Crippen LogP contribution in [0, 0.1) is 35.0 Å². The van der Waals surface area contributed by atoms with Gasteiger partial charge in [-0.3, -0.25) is 4.79 Å². The van der Waals surface area contributed by atoms with E-state index in [1.807, 2.05) is 0 Å². The number of rotatable bonds is 2. The van der Waals surface area contributed by atoms with Gasteiger partial charge in [0.25, 0.3) is 0 Å². The Bertz CT molecular complexity index is 384. The van der Waals surface area contributed by atoms with E-state index in [0.717, 1.165) is 49.1 Å². The second-order valence-electron chi connectivity index (χ2n) is 8.65. The first-order valence-electron chi connectivity index (χ1n) is 8.47. The Morgan fingerprint density at radius 1 is 0.895 bits per heavy atom. The van der Waals surface area contributed by atoms with Gasteiger partial charge in [-0.2, -0.15) is 0 Å². The topological polar surface area (TPSA) is 20.3 Å². The van der Waals surface area contributed by atoms with E-state index < -0.39 is 0 Å². The first-order valence-corrected chi connectivity index (χ1v) is 8.47. The predicted octanol–water partition coefficient (Wildman–Crippen LogP) is 3.07. The molecular formula is C17H25NO. The van der Waals surface area contributed by atoms with E-state index in [9.17, 15) is 4.79 Å². The van der Waals surface area contributed by atoms with Crippen molar-refractivity contribution in [3.63, 3.8) is 0 Å². The standard InChI is InChI=1S/C17H25NO/c19-16(18-9-14-4-15(14)10-18)8-17-5-11-1-12(6-17)3-13(2-11)7-17/h11-15H,1-10H2. The largest absolute Gasteiger partial charge is 0.342 e. The molecule has 0 N–H and O–H groups in total. The Balaban J connectivity index is 1.31. The summed E-state index contributed by atoms with van der Waals surface area (Å²) in [5, 5.41) is 0. The number of hydrogen-bond acceptors (Lipinski definition) is 1. The molecule has 0 aromatic carbocycles. The van der Waals surface area contributed by atoms with Gasteiger partial charge in [-0.05, 0) is 80.0 Å². The molecule has 1 heterocycles. The zero-order valence-electron chi connectivity index (χ0n) is 11.8. The maximum atomic E-state index is 12.6. The highest BCUT2D eigenvalue weighted by atomic mass is 16.2. The van der Waals surface area contributed by atoms with E-state index in [2.05, 4.69) is 4.90 Å². The van der Waals surface area contributed by atoms with Crippen molar-refractivity contribution in [3.8, 4) is 0 Å². The van der Waals surface area contributed by atoms with E-state index in [1.165, 1.54) is 44.9 Å². The fraction of sp³-hybridized carbons (Fsp3) is 0.941. The molecule has 2 unspecified atom stereocenters. The Hall–Kier alpha value is -0.530. The summed E-state index contributed by atoms with van der Waals surface area (Å²) in [7, 11) is 0. The lowest BCUT2D eigenvalue weighted by Crippen LogP contribution is -2.48. The molecular weight excluding hydrogens is 234 g/mol. The number of amides is 1. The molecule has 6 aliphatic rings. The molecule has 0 radical (unpaired) electrons. The molecule has 6 fully saturated rings. The van der Waals surface area contributed by atoms with Crippen LogP contribution in [0.3, 0.4) is 0 Å². The number of carbonyl (C=O) groups is 1. The summed E-state index contributed by atoms with van der Waals surface area (Å²) >= 11 is 0. The van der Waals surface area contributed by atoms with Gasteiger partial charge in [-0.15, -0.1) is 0 Å². The second kappa shape index (κ2) is 3.56. The molecule has 5 aliphatic carbocycles. The van der Waals surface area contributed by atoms with Crippen molar-refractivity contribution < 1.29 is 4.79 Å². The van der Waals surface area contributed by atoms with Gasteiger partial charge in [0.15, 0.2) is 0 Å². The van der Waals surface area contributed by atoms with Crippen LogP contribution in [-0.2, 0) is 4.79 Å². The predicted molar refractivity (Wildman–Crippen MR) is 73.4 cm³/mol. The van der Waals surface area contributed by atoms with Gasteiger partial charge < -0.3 is 4.90 Å². The lowest BCUT2D eigenvalue weighted by atomic mass is 9.49. The molecule has 4 bridgehead atoms. The van der Waals surface area contributed by atoms with Crippen molar-refractivity contribution in [3.05, 3.63) is 0 Å². The molecule has 104 valence electrons. The zero-order chi connectivity index (χ0) is 12.6. The van der Waals surface area contributed by atoms with Crippen LogP contribution >= 0.6 is 0 Å². The summed E-state index contributed by atoms with van der Waals surface area (Å²) in [6.07, 6.45) is 10.9. The van der Waals surface area contributed by atoms with E-state index >= 15 is 0 Å². The van der Waals surface area contributed by atoms with Crippen molar-refractivity contribution in [1.82, 2.24) is 4.90 Å². The number of piperidine rings is 1. The average molecular weight is 259 g/mol. The van der Waals surface area contributed by atoms with Crippen molar-refractivity contribution in [2.75, 3.05) is 13.1 Å². The lowest BCUT2D eigenvalue weighted by molar-refractivity contribution is -0.139. The molecule has 5 saturated carbocycles. The number of fused-ring (bicyclic) bond motifs is 1. The smallest absolute Gasteiger partial charge is 0.223 e. The highest BCUT2D eigenvalue weighted by Gasteiger charge is 2.53. The third-order valence-corrected chi connectivity index (χ3v) is 7.02. The van der Waals surface area contributed by atoms with Crippen LogP contribution in [0.4, 0.5) is 0 Å². The second-order valence-corrected chi connectivity index (χ2v) is 8.65. The number of nitrogens with zero attached hydrogens (tertiary/aromatic N) is 1. The molecule has 19 heavy (non-hydrogen) atoms. The summed E-state index contributed by atoms with van der Waals surface area (Å²) in [4.78, 5) is 14.8. The Morgan fingerprint density at radius 2 is 1.42 bits per heavy atom. The van der Waals surface area contributed by atoms with Crippen LogP contribution in [0.5, 0.6) is 0 Å². The summed E-state index contributed by atoms with van der Waals surface area (Å²) in [5.41, 5.74) is 0.443. The zero-order valence-corrected chi connectivity index (χ0v) is 11.8. The van der Waals surface area contributed by atoms with Crippen molar-refractivity contribution in [2.24, 2.45) is 35.0 Å². The van der Waals surface area contributed by atoms with Crippen LogP contribution < -0.4 is 0 Å². The highest BCUT2D eigenvalue weighted by Crippen LogP contribution is 2.61. The van der Waals surface area contributed by atoms with E-state index in [1.54, 1.807) is 0 Å². The van der Waals surface area contributed by atoms with Gasteiger partial charge in [-0.25, -0.2) is 0 Å². The van der Waals surface area contributed by atoms with Crippen molar-refractivity contribution in [1.29, 1.82) is 0 Å². The molecule has 1 aliphatic heterocycles. The van der Waals surface area contributed by atoms with Gasteiger partial charge in [0.05, 0.1) is 0 Å². The van der Waals surface area contributed by atoms with Crippen LogP contribution in [0.1, 0.15) is 51.4 Å². The average Bonchev–Trinajstić information content (AvgIpc) is 2.93. The fourth-order valence-corrected chi connectivity index (χ4v) is 6.54. The molecule has 0 aromatic heterocycles. The first kappa shape index (κ1) is 11.2. The number of carbonyl (C=O) groups excluding carboxylic acids is 1. The molecule has 6 rings (SSSR count). The minimum absolute atomic E-state index is 0.443. The molecule has 0 spiro atoms. The third kappa shape index (κ3) is 1.71. The van der Waals surface area contributed by atoms with Crippen LogP contribution in [0.25, 0.3) is 0 Å². The molecule has 2 heteroatoms. The van der Waals surface area contributed by atoms with Gasteiger partial charge in [-0.1, -0.05) is 0 Å². The Labute approximate surface area is 115 Å². The normalized spacial score (nSPS) is 53.5. The first-order chi connectivity index (χ1) is 9.19. The van der Waals surface area contributed by atoms with Crippen LogP contribution in [0.2, 0.25) is 0 Å². The van der Waals surface area contributed by atoms with Gasteiger partial charge >= 0.3 is 0 Å². The number of hydrogen-bond donors (Lipinski definition) is 0. The quantitative estimate of drug-likeness (QED) is 0.746. The fourth-order valence-electron chi connectivity index (χ4n) is 6.54. The van der Waals surface area contributed by atoms with E-state index in [-0.39, 0.29) is 0 Å². The number of likely N-dealkylation sites (tertiary alicyclic amines) is 1. The SMILES string of the molecule is O=C(CC12CC3CC(CC(C3)C1)C2)N1CC2CC2C1. The minimum Gasteiger partial charge on any atom is -0.342 e. The van der Waals surface area contributed by atoms with E-state index in [0.29, 0.717) is 11.3 Å². The van der Waals surface area contributed by atoms with Gasteiger partial charge in [0, 0.05) is 19.5 Å². The summed E-state index contributed by atoms with van der Waals surface area (Å²) in [5.74, 6) is 5.22. The summed E-state index contributed by atoms with van der Waals surface area (Å²) < 4.78 is 0. The maximum absolute atomic E-state index is 12.6. The molecule has 2 atom stereocenters. The van der Waals surface area contributed by atoms with Crippen molar-refractivity contribution >= 4 is 5.91 Å². The lowest BCUT2D eigenvalue weighted by Gasteiger charge is -2.57. The van der Waals surface area contributed by atoms with E-state index in [4.69, 9.17) is 0 Å². The molecule has 0 aromatic rings. The monoisotopic (exact) mass is 259 g/mol. The van der Waals surface area contributed by atoms with Gasteiger partial charge in [0.2, 0.25) is 5.91 Å². The maximum Gasteiger partial charge on any atom is 0.223 e. The minimum atomic E-state index is 0.443. The molecule has 1 saturated heterocycles. The van der Waals surface area contributed by atoms with Crippen molar-refractivity contribution in [2.45, 2.75) is 51.4 Å².